The third kappa shape index (κ3) is 2.87. The van der Waals surface area contributed by atoms with Crippen LogP contribution in [0.2, 0.25) is 0 Å². The van der Waals surface area contributed by atoms with Crippen molar-refractivity contribution in [1.29, 1.82) is 0 Å². The van der Waals surface area contributed by atoms with Gasteiger partial charge < -0.3 is 23.9 Å². The van der Waals surface area contributed by atoms with Crippen LogP contribution in [-0.2, 0) is 14.4 Å². The molecule has 0 aromatic heterocycles. The molecular formula is C20H20N2O6. The molecule has 0 radical (unpaired) electrons. The average molecular weight is 384 g/mol. The zero-order valence-electron chi connectivity index (χ0n) is 16.0. The number of ether oxygens (including phenoxy) is 3. The number of aryl methyl sites for hydroxylation is 1. The highest BCUT2D eigenvalue weighted by atomic mass is 16.7. The number of carbonyl (C=O) groups is 1. The molecule has 3 aliphatic heterocycles. The van der Waals surface area contributed by atoms with Crippen molar-refractivity contribution in [2.45, 2.75) is 19.9 Å². The molecule has 3 heterocycles. The van der Waals surface area contributed by atoms with E-state index in [2.05, 4.69) is 5.16 Å². The van der Waals surface area contributed by atoms with Gasteiger partial charge in [0.05, 0.1) is 24.4 Å². The summed E-state index contributed by atoms with van der Waals surface area (Å²) < 4.78 is 15.7. The third-order valence-electron chi connectivity index (χ3n) is 4.75. The van der Waals surface area contributed by atoms with E-state index in [1.165, 1.54) is 14.2 Å². The highest BCUT2D eigenvalue weighted by molar-refractivity contribution is 6.44. The van der Waals surface area contributed by atoms with Crippen LogP contribution in [0.1, 0.15) is 29.7 Å². The number of carbonyl (C=O) groups excluding carboxylic acids is 1. The Bertz CT molecular complexity index is 971. The number of hydroxylamine groups is 1. The van der Waals surface area contributed by atoms with Crippen molar-refractivity contribution >= 4 is 17.4 Å². The van der Waals surface area contributed by atoms with Crippen LogP contribution < -0.4 is 19.4 Å². The zero-order chi connectivity index (χ0) is 19.8. The number of hydrogen-bond acceptors (Lipinski definition) is 8. The van der Waals surface area contributed by atoms with Gasteiger partial charge >= 0.3 is 5.97 Å². The van der Waals surface area contributed by atoms with E-state index in [0.29, 0.717) is 17.1 Å². The highest BCUT2D eigenvalue weighted by Crippen LogP contribution is 2.42. The van der Waals surface area contributed by atoms with Crippen molar-refractivity contribution in [3.63, 3.8) is 0 Å². The first-order chi connectivity index (χ1) is 13.5. The number of nitrogens with zero attached hydrogens (tertiary/aromatic N) is 2. The van der Waals surface area contributed by atoms with Crippen molar-refractivity contribution in [2.75, 3.05) is 26.1 Å². The minimum Gasteiger partial charge on any atom is -0.464 e. The Labute approximate surface area is 162 Å². The van der Waals surface area contributed by atoms with Crippen LogP contribution in [0.3, 0.4) is 0 Å². The van der Waals surface area contributed by atoms with Gasteiger partial charge in [-0.1, -0.05) is 11.2 Å². The number of oxime groups is 1. The summed E-state index contributed by atoms with van der Waals surface area (Å²) in [7, 11) is 2.67. The summed E-state index contributed by atoms with van der Waals surface area (Å²) in [6.45, 7) is 4.16. The van der Waals surface area contributed by atoms with Gasteiger partial charge in [0.1, 0.15) is 7.11 Å². The van der Waals surface area contributed by atoms with Gasteiger partial charge in [0.25, 0.3) is 0 Å². The standard InChI is InChI=1S/C20H20N2O6/c1-11-7-14-9-15(18(21-25-4)20(23)24-3)19(11)28-22(14)12(2)13-5-6-16-17(8-13)27-10-26-16/h5-9,12H,10H2,1-4H3. The number of anilines is 1. The van der Waals surface area contributed by atoms with Crippen molar-refractivity contribution in [3.8, 4) is 17.2 Å². The molecule has 8 nitrogen and oxygen atoms in total. The summed E-state index contributed by atoms with van der Waals surface area (Å²) in [5.41, 5.74) is 3.26. The second-order valence-electron chi connectivity index (χ2n) is 6.46. The van der Waals surface area contributed by atoms with Gasteiger partial charge in [0, 0.05) is 0 Å². The number of rotatable bonds is 5. The Balaban J connectivity index is 1.69. The van der Waals surface area contributed by atoms with Crippen LogP contribution in [0.5, 0.6) is 17.2 Å². The van der Waals surface area contributed by atoms with Crippen LogP contribution >= 0.6 is 0 Å². The smallest absolute Gasteiger partial charge is 0.360 e. The van der Waals surface area contributed by atoms with E-state index in [0.717, 1.165) is 22.6 Å². The lowest BCUT2D eigenvalue weighted by Gasteiger charge is -2.36. The van der Waals surface area contributed by atoms with Crippen LogP contribution in [0.25, 0.3) is 0 Å². The molecule has 0 amide bonds. The largest absolute Gasteiger partial charge is 0.464 e. The highest BCUT2D eigenvalue weighted by Gasteiger charge is 2.32. The monoisotopic (exact) mass is 384 g/mol. The molecule has 2 aromatic rings. The summed E-state index contributed by atoms with van der Waals surface area (Å²) in [4.78, 5) is 23.1. The average Bonchev–Trinajstić information content (AvgIpc) is 3.18. The maximum Gasteiger partial charge on any atom is 0.360 e. The maximum absolute atomic E-state index is 12.1. The Morgan fingerprint density at radius 1 is 1.18 bits per heavy atom. The van der Waals surface area contributed by atoms with Gasteiger partial charge in [-0.05, 0) is 49.2 Å². The fourth-order valence-electron chi connectivity index (χ4n) is 3.33. The molecule has 0 fully saturated rings. The van der Waals surface area contributed by atoms with Gasteiger partial charge in [0.2, 0.25) is 6.79 Å². The lowest BCUT2D eigenvalue weighted by Crippen LogP contribution is -2.35. The Morgan fingerprint density at radius 3 is 2.68 bits per heavy atom. The van der Waals surface area contributed by atoms with Crippen molar-refractivity contribution in [1.82, 2.24) is 0 Å². The molecule has 2 bridgehead atoms. The van der Waals surface area contributed by atoms with Gasteiger partial charge in [-0.25, -0.2) is 9.86 Å². The summed E-state index contributed by atoms with van der Waals surface area (Å²) >= 11 is 0. The van der Waals surface area contributed by atoms with Crippen molar-refractivity contribution in [2.24, 2.45) is 5.16 Å². The predicted molar refractivity (Wildman–Crippen MR) is 101 cm³/mol. The molecule has 0 aliphatic carbocycles. The van der Waals surface area contributed by atoms with Gasteiger partial charge in [0.15, 0.2) is 23.0 Å². The fraction of sp³-hybridized carbons (Fsp3) is 0.300. The predicted octanol–water partition coefficient (Wildman–Crippen LogP) is 3.12. The summed E-state index contributed by atoms with van der Waals surface area (Å²) in [5, 5.41) is 5.61. The lowest BCUT2D eigenvalue weighted by molar-refractivity contribution is -0.132. The molecule has 8 heteroatoms. The molecule has 0 saturated carbocycles. The van der Waals surface area contributed by atoms with E-state index >= 15 is 0 Å². The Morgan fingerprint density at radius 2 is 1.96 bits per heavy atom. The SMILES string of the molecule is CON=C(C(=O)OC)c1cc2cc(C)c1ON2C(C)c1ccc2c(c1)OCO2. The third-order valence-corrected chi connectivity index (χ3v) is 4.75. The van der Waals surface area contributed by atoms with E-state index in [4.69, 9.17) is 23.9 Å². The summed E-state index contributed by atoms with van der Waals surface area (Å²) in [5.74, 6) is 1.38. The zero-order valence-corrected chi connectivity index (χ0v) is 16.0. The van der Waals surface area contributed by atoms with E-state index in [-0.39, 0.29) is 18.5 Å². The van der Waals surface area contributed by atoms with Gasteiger partial charge in [-0.3, -0.25) is 0 Å². The minimum atomic E-state index is -0.597. The number of benzene rings is 2. The molecule has 0 saturated heterocycles. The lowest BCUT2D eigenvalue weighted by atomic mass is 10.0. The second-order valence-corrected chi connectivity index (χ2v) is 6.46. The van der Waals surface area contributed by atoms with Crippen LogP contribution in [0, 0.1) is 6.92 Å². The molecule has 146 valence electrons. The van der Waals surface area contributed by atoms with Crippen LogP contribution in [0.4, 0.5) is 5.69 Å². The molecule has 28 heavy (non-hydrogen) atoms. The first kappa shape index (κ1) is 18.0. The molecule has 1 atom stereocenters. The van der Waals surface area contributed by atoms with Crippen molar-refractivity contribution in [3.05, 3.63) is 47.0 Å². The van der Waals surface area contributed by atoms with Crippen molar-refractivity contribution < 1.29 is 28.7 Å². The van der Waals surface area contributed by atoms with E-state index in [9.17, 15) is 4.79 Å². The van der Waals surface area contributed by atoms with Crippen LogP contribution in [0.15, 0.2) is 35.5 Å². The second kappa shape index (κ2) is 6.95. The van der Waals surface area contributed by atoms with Crippen LogP contribution in [-0.4, -0.2) is 32.7 Å². The summed E-state index contributed by atoms with van der Waals surface area (Å²) in [6, 6.07) is 9.52. The number of hydrogen-bond donors (Lipinski definition) is 0. The molecule has 5 rings (SSSR count). The fourth-order valence-corrected chi connectivity index (χ4v) is 3.33. The summed E-state index contributed by atoms with van der Waals surface area (Å²) in [6.07, 6.45) is 0. The number of esters is 1. The topological polar surface area (TPSA) is 78.8 Å². The molecule has 0 N–H and O–H groups in total. The normalized spacial score (nSPS) is 15.3. The quantitative estimate of drug-likeness (QED) is 0.445. The minimum absolute atomic E-state index is 0.0559. The molecule has 1 unspecified atom stereocenters. The number of fused-ring (bicyclic) bond motifs is 4. The molecule has 0 spiro atoms. The first-order valence-corrected chi connectivity index (χ1v) is 8.74. The van der Waals surface area contributed by atoms with Gasteiger partial charge in [-0.15, -0.1) is 0 Å². The Hall–Kier alpha value is -3.42. The van der Waals surface area contributed by atoms with E-state index in [1.54, 1.807) is 5.06 Å². The van der Waals surface area contributed by atoms with E-state index < -0.39 is 5.97 Å². The molecular weight excluding hydrogens is 364 g/mol. The molecule has 3 aliphatic rings. The van der Waals surface area contributed by atoms with Gasteiger partial charge in [-0.2, -0.15) is 0 Å². The molecule has 2 aromatic carbocycles. The number of methoxy groups -OCH3 is 1. The first-order valence-electron chi connectivity index (χ1n) is 8.74. The maximum atomic E-state index is 12.1. The van der Waals surface area contributed by atoms with E-state index in [1.807, 2.05) is 44.2 Å². The Kier molecular flexibility index (Phi) is 4.46.